The lowest BCUT2D eigenvalue weighted by atomic mass is 9.87. The van der Waals surface area contributed by atoms with Crippen LogP contribution in [0.2, 0.25) is 0 Å². The van der Waals surface area contributed by atoms with Gasteiger partial charge < -0.3 is 10.0 Å². The smallest absolute Gasteiger partial charge is 0.355 e. The number of thiazole rings is 1. The predicted molar refractivity (Wildman–Crippen MR) is 84.2 cm³/mol. The number of nitrogens with zero attached hydrogens (tertiary/aromatic N) is 2. The molecule has 1 saturated heterocycles. The van der Waals surface area contributed by atoms with Crippen LogP contribution in [0.4, 0.5) is 0 Å². The zero-order valence-corrected chi connectivity index (χ0v) is 13.5. The van der Waals surface area contributed by atoms with Gasteiger partial charge in [-0.15, -0.1) is 11.3 Å². The van der Waals surface area contributed by atoms with Crippen molar-refractivity contribution in [3.05, 3.63) is 16.1 Å². The molecule has 1 aliphatic heterocycles. The van der Waals surface area contributed by atoms with Crippen LogP contribution in [-0.4, -0.2) is 40.0 Å². The molecule has 2 aliphatic rings. The summed E-state index contributed by atoms with van der Waals surface area (Å²) in [6.45, 7) is 1.56. The van der Waals surface area contributed by atoms with Crippen LogP contribution in [0.5, 0.6) is 0 Å². The van der Waals surface area contributed by atoms with Crippen LogP contribution < -0.4 is 0 Å². The number of carboxylic acid groups (broad SMARTS) is 1. The van der Waals surface area contributed by atoms with Gasteiger partial charge in [0.05, 0.1) is 5.01 Å². The number of piperidine rings is 1. The molecule has 2 fully saturated rings. The zero-order chi connectivity index (χ0) is 15.5. The summed E-state index contributed by atoms with van der Waals surface area (Å²) in [5.41, 5.74) is 0.140. The predicted octanol–water partition coefficient (Wildman–Crippen LogP) is 3.13. The molecule has 3 rings (SSSR count). The fourth-order valence-electron chi connectivity index (χ4n) is 3.53. The summed E-state index contributed by atoms with van der Waals surface area (Å²) in [6.07, 6.45) is 7.52. The number of hydrogen-bond acceptors (Lipinski definition) is 4. The van der Waals surface area contributed by atoms with E-state index in [2.05, 4.69) is 4.98 Å². The molecule has 1 aromatic rings. The van der Waals surface area contributed by atoms with Crippen molar-refractivity contribution in [2.24, 2.45) is 5.92 Å². The second kappa shape index (κ2) is 6.77. The first-order chi connectivity index (χ1) is 10.6. The monoisotopic (exact) mass is 322 g/mol. The number of carboxylic acids is 1. The van der Waals surface area contributed by atoms with E-state index in [0.29, 0.717) is 11.8 Å². The molecule has 22 heavy (non-hydrogen) atoms. The first-order valence-electron chi connectivity index (χ1n) is 8.12. The van der Waals surface area contributed by atoms with Crippen molar-refractivity contribution in [3.63, 3.8) is 0 Å². The Morgan fingerprint density at radius 2 is 1.82 bits per heavy atom. The summed E-state index contributed by atoms with van der Waals surface area (Å²) < 4.78 is 0. The summed E-state index contributed by atoms with van der Waals surface area (Å²) >= 11 is 1.43. The van der Waals surface area contributed by atoms with Crippen molar-refractivity contribution in [3.8, 4) is 0 Å². The number of hydrogen-bond donors (Lipinski definition) is 1. The van der Waals surface area contributed by atoms with E-state index in [1.165, 1.54) is 30.6 Å². The van der Waals surface area contributed by atoms with Crippen LogP contribution in [0.3, 0.4) is 0 Å². The molecule has 1 N–H and O–H groups in total. The van der Waals surface area contributed by atoms with Crippen molar-refractivity contribution in [1.29, 1.82) is 0 Å². The minimum Gasteiger partial charge on any atom is -0.476 e. The largest absolute Gasteiger partial charge is 0.476 e. The number of amides is 1. The Labute approximate surface area is 134 Å². The summed E-state index contributed by atoms with van der Waals surface area (Å²) in [5, 5.41) is 11.5. The van der Waals surface area contributed by atoms with Gasteiger partial charge in [-0.1, -0.05) is 19.3 Å². The first-order valence-corrected chi connectivity index (χ1v) is 9.00. The Bertz CT molecular complexity index is 543. The quantitative estimate of drug-likeness (QED) is 0.928. The fourth-order valence-corrected chi connectivity index (χ4v) is 4.49. The van der Waals surface area contributed by atoms with E-state index in [1.54, 1.807) is 5.38 Å². The molecular formula is C16H22N2O3S. The van der Waals surface area contributed by atoms with Gasteiger partial charge in [0.15, 0.2) is 5.69 Å². The first kappa shape index (κ1) is 15.5. The highest BCUT2D eigenvalue weighted by molar-refractivity contribution is 7.09. The van der Waals surface area contributed by atoms with Crippen LogP contribution in [0.1, 0.15) is 66.4 Å². The third kappa shape index (κ3) is 3.32. The van der Waals surface area contributed by atoms with Crippen molar-refractivity contribution >= 4 is 23.2 Å². The molecule has 0 radical (unpaired) electrons. The Balaban J connectivity index is 1.55. The van der Waals surface area contributed by atoms with Gasteiger partial charge in [0.1, 0.15) is 0 Å². The average molecular weight is 322 g/mol. The summed E-state index contributed by atoms with van der Waals surface area (Å²) in [5.74, 6) is -0.0896. The normalized spacial score (nSPS) is 21.0. The summed E-state index contributed by atoms with van der Waals surface area (Å²) in [7, 11) is 0. The summed E-state index contributed by atoms with van der Waals surface area (Å²) in [6, 6.07) is 0. The van der Waals surface area contributed by atoms with E-state index in [1.807, 2.05) is 4.90 Å². The number of carbonyl (C=O) groups excluding carboxylic acids is 1. The van der Waals surface area contributed by atoms with E-state index < -0.39 is 5.97 Å². The maximum Gasteiger partial charge on any atom is 0.355 e. The molecule has 0 atom stereocenters. The fraction of sp³-hybridized carbons (Fsp3) is 0.688. The van der Waals surface area contributed by atoms with Crippen LogP contribution in [-0.2, 0) is 4.79 Å². The van der Waals surface area contributed by atoms with Crippen LogP contribution in [0, 0.1) is 5.92 Å². The Morgan fingerprint density at radius 1 is 1.14 bits per heavy atom. The number of likely N-dealkylation sites (tertiary alicyclic amines) is 1. The third-order valence-corrected chi connectivity index (χ3v) is 5.86. The lowest BCUT2D eigenvalue weighted by Gasteiger charge is -2.34. The van der Waals surface area contributed by atoms with Gasteiger partial charge in [-0.3, -0.25) is 4.79 Å². The van der Waals surface area contributed by atoms with Crippen LogP contribution in [0.15, 0.2) is 5.38 Å². The molecule has 5 nitrogen and oxygen atoms in total. The van der Waals surface area contributed by atoms with Gasteiger partial charge in [-0.25, -0.2) is 9.78 Å². The average Bonchev–Trinajstić information content (AvgIpc) is 3.05. The molecular weight excluding hydrogens is 300 g/mol. The highest BCUT2D eigenvalue weighted by Gasteiger charge is 2.30. The van der Waals surface area contributed by atoms with Crippen molar-refractivity contribution in [2.75, 3.05) is 13.1 Å². The van der Waals surface area contributed by atoms with Gasteiger partial charge in [0.2, 0.25) is 5.91 Å². The molecule has 6 heteroatoms. The molecule has 0 spiro atoms. The Hall–Kier alpha value is -1.43. The van der Waals surface area contributed by atoms with Crippen molar-refractivity contribution in [1.82, 2.24) is 9.88 Å². The van der Waals surface area contributed by atoms with E-state index in [0.717, 1.165) is 43.8 Å². The summed E-state index contributed by atoms with van der Waals surface area (Å²) in [4.78, 5) is 29.7. The Kier molecular flexibility index (Phi) is 4.76. The van der Waals surface area contributed by atoms with Crippen molar-refractivity contribution < 1.29 is 14.7 Å². The van der Waals surface area contributed by atoms with E-state index in [4.69, 9.17) is 5.11 Å². The van der Waals surface area contributed by atoms with Gasteiger partial charge >= 0.3 is 5.97 Å². The molecule has 1 aromatic heterocycles. The van der Waals surface area contributed by atoms with E-state index in [-0.39, 0.29) is 11.6 Å². The molecule has 2 heterocycles. The zero-order valence-electron chi connectivity index (χ0n) is 12.7. The topological polar surface area (TPSA) is 70.5 Å². The minimum absolute atomic E-state index is 0.140. The van der Waals surface area contributed by atoms with Gasteiger partial charge in [0.25, 0.3) is 0 Å². The highest BCUT2D eigenvalue weighted by atomic mass is 32.1. The number of carbonyl (C=O) groups is 2. The maximum absolute atomic E-state index is 12.5. The lowest BCUT2D eigenvalue weighted by Crippen LogP contribution is -2.41. The maximum atomic E-state index is 12.5. The SMILES string of the molecule is O=C(O)c1csc(C2CCN(C(=O)C3CCCCC3)CC2)n1. The molecule has 120 valence electrons. The molecule has 1 aliphatic carbocycles. The second-order valence-electron chi connectivity index (χ2n) is 6.31. The minimum atomic E-state index is -0.965. The van der Waals surface area contributed by atoms with Crippen LogP contribution >= 0.6 is 11.3 Å². The molecule has 0 bridgehead atoms. The highest BCUT2D eigenvalue weighted by Crippen LogP contribution is 2.32. The van der Waals surface area contributed by atoms with Gasteiger partial charge in [-0.2, -0.15) is 0 Å². The van der Waals surface area contributed by atoms with Crippen molar-refractivity contribution in [2.45, 2.75) is 50.9 Å². The van der Waals surface area contributed by atoms with E-state index >= 15 is 0 Å². The van der Waals surface area contributed by atoms with E-state index in [9.17, 15) is 9.59 Å². The standard InChI is InChI=1S/C16H22N2O3S/c19-15(12-4-2-1-3-5-12)18-8-6-11(7-9-18)14-17-13(10-22-14)16(20)21/h10-12H,1-9H2,(H,20,21). The molecule has 0 unspecified atom stereocenters. The van der Waals surface area contributed by atoms with Crippen LogP contribution in [0.25, 0.3) is 0 Å². The second-order valence-corrected chi connectivity index (χ2v) is 7.20. The van der Waals surface area contributed by atoms with Gasteiger partial charge in [-0.05, 0) is 25.7 Å². The molecule has 1 amide bonds. The third-order valence-electron chi connectivity index (χ3n) is 4.85. The number of aromatic nitrogens is 1. The molecule has 0 aromatic carbocycles. The lowest BCUT2D eigenvalue weighted by molar-refractivity contribution is -0.137. The Morgan fingerprint density at radius 3 is 2.41 bits per heavy atom. The number of rotatable bonds is 3. The van der Waals surface area contributed by atoms with Gasteiger partial charge in [0, 0.05) is 30.3 Å². The number of aromatic carboxylic acids is 1. The molecule has 1 saturated carbocycles.